The van der Waals surface area contributed by atoms with E-state index in [0.717, 1.165) is 18.6 Å². The molecule has 1 heterocycles. The van der Waals surface area contributed by atoms with Gasteiger partial charge in [0.2, 0.25) is 0 Å². The average Bonchev–Trinajstić information content (AvgIpc) is 3.12. The summed E-state index contributed by atoms with van der Waals surface area (Å²) in [4.78, 5) is 14.3. The van der Waals surface area contributed by atoms with Gasteiger partial charge in [-0.3, -0.25) is 4.79 Å². The molecule has 1 N–H and O–H groups in total. The third-order valence-corrected chi connectivity index (χ3v) is 3.58. The maximum Gasteiger partial charge on any atom is 0.258 e. The molecular formula is C15H14ClNO3. The predicted octanol–water partition coefficient (Wildman–Crippen LogP) is 3.44. The molecule has 3 rings (SSSR count). The Morgan fingerprint density at radius 1 is 1.40 bits per heavy atom. The number of phenolic OH excluding ortho intramolecular Hbond substituents is 1. The molecule has 0 unspecified atom stereocenters. The van der Waals surface area contributed by atoms with Crippen LogP contribution in [0.15, 0.2) is 41.0 Å². The minimum Gasteiger partial charge on any atom is -0.507 e. The summed E-state index contributed by atoms with van der Waals surface area (Å²) < 4.78 is 5.30. The Morgan fingerprint density at radius 2 is 2.20 bits per heavy atom. The number of carbonyl (C=O) groups excluding carboxylic acids is 1. The van der Waals surface area contributed by atoms with Crippen LogP contribution in [-0.4, -0.2) is 22.0 Å². The van der Waals surface area contributed by atoms with Crippen LogP contribution in [0.4, 0.5) is 0 Å². The summed E-state index contributed by atoms with van der Waals surface area (Å²) in [6.45, 7) is 0.415. The fraction of sp³-hybridized carbons (Fsp3) is 0.267. The van der Waals surface area contributed by atoms with E-state index in [0.29, 0.717) is 11.6 Å². The molecule has 1 aromatic heterocycles. The number of carbonyl (C=O) groups is 1. The highest BCUT2D eigenvalue weighted by molar-refractivity contribution is 6.30. The maximum absolute atomic E-state index is 12.6. The molecule has 0 spiro atoms. The van der Waals surface area contributed by atoms with Crippen molar-refractivity contribution in [2.24, 2.45) is 0 Å². The lowest BCUT2D eigenvalue weighted by Gasteiger charge is -2.21. The molecule has 104 valence electrons. The maximum atomic E-state index is 12.6. The largest absolute Gasteiger partial charge is 0.507 e. The van der Waals surface area contributed by atoms with Crippen molar-refractivity contribution in [3.63, 3.8) is 0 Å². The van der Waals surface area contributed by atoms with E-state index in [4.69, 9.17) is 16.0 Å². The van der Waals surface area contributed by atoms with Crippen LogP contribution in [0.5, 0.6) is 5.75 Å². The van der Waals surface area contributed by atoms with Crippen molar-refractivity contribution in [2.75, 3.05) is 0 Å². The zero-order valence-corrected chi connectivity index (χ0v) is 11.5. The second-order valence-electron chi connectivity index (χ2n) is 4.91. The number of phenols is 1. The average molecular weight is 292 g/mol. The minimum absolute atomic E-state index is 0.0902. The summed E-state index contributed by atoms with van der Waals surface area (Å²) in [5, 5.41) is 10.3. The van der Waals surface area contributed by atoms with Crippen molar-refractivity contribution in [1.82, 2.24) is 4.90 Å². The molecule has 1 aliphatic rings. The first kappa shape index (κ1) is 13.1. The zero-order valence-electron chi connectivity index (χ0n) is 10.8. The molecule has 4 nitrogen and oxygen atoms in total. The number of halogens is 1. The molecule has 1 aliphatic carbocycles. The summed E-state index contributed by atoms with van der Waals surface area (Å²) in [6.07, 6.45) is 3.56. The van der Waals surface area contributed by atoms with Crippen molar-refractivity contribution >= 4 is 17.5 Å². The normalized spacial score (nSPS) is 14.2. The van der Waals surface area contributed by atoms with E-state index in [1.807, 2.05) is 6.07 Å². The fourth-order valence-electron chi connectivity index (χ4n) is 2.16. The third kappa shape index (κ3) is 2.65. The third-order valence-electron chi connectivity index (χ3n) is 3.34. The molecule has 0 saturated heterocycles. The first-order valence-corrected chi connectivity index (χ1v) is 6.85. The first-order chi connectivity index (χ1) is 9.65. The van der Waals surface area contributed by atoms with Crippen molar-refractivity contribution < 1.29 is 14.3 Å². The number of furan rings is 1. The highest BCUT2D eigenvalue weighted by Crippen LogP contribution is 2.32. The van der Waals surface area contributed by atoms with Gasteiger partial charge in [-0.2, -0.15) is 0 Å². The molecule has 20 heavy (non-hydrogen) atoms. The summed E-state index contributed by atoms with van der Waals surface area (Å²) in [7, 11) is 0. The zero-order chi connectivity index (χ0) is 14.1. The second-order valence-corrected chi connectivity index (χ2v) is 5.34. The monoisotopic (exact) mass is 291 g/mol. The molecule has 1 fully saturated rings. The SMILES string of the molecule is O=C(c1ccc(Cl)cc1O)N(Cc1ccco1)C1CC1. The molecule has 0 bridgehead atoms. The van der Waals surface area contributed by atoms with Crippen molar-refractivity contribution in [2.45, 2.75) is 25.4 Å². The van der Waals surface area contributed by atoms with Crippen molar-refractivity contribution in [1.29, 1.82) is 0 Å². The molecular weight excluding hydrogens is 278 g/mol. The Morgan fingerprint density at radius 3 is 2.80 bits per heavy atom. The van der Waals surface area contributed by atoms with Crippen LogP contribution in [0.25, 0.3) is 0 Å². The van der Waals surface area contributed by atoms with Crippen LogP contribution in [0.1, 0.15) is 29.0 Å². The van der Waals surface area contributed by atoms with Crippen molar-refractivity contribution in [3.05, 3.63) is 52.9 Å². The molecule has 1 amide bonds. The van der Waals surface area contributed by atoms with Gasteiger partial charge in [-0.15, -0.1) is 0 Å². The fourth-order valence-corrected chi connectivity index (χ4v) is 2.33. The highest BCUT2D eigenvalue weighted by Gasteiger charge is 2.34. The summed E-state index contributed by atoms with van der Waals surface area (Å²) in [5.41, 5.74) is 0.271. The van der Waals surface area contributed by atoms with Gasteiger partial charge in [0.05, 0.1) is 18.4 Å². The molecule has 5 heteroatoms. The van der Waals surface area contributed by atoms with Gasteiger partial charge in [-0.05, 0) is 43.2 Å². The van der Waals surface area contributed by atoms with Gasteiger partial charge in [0.15, 0.2) is 0 Å². The van der Waals surface area contributed by atoms with Gasteiger partial charge in [0.25, 0.3) is 5.91 Å². The lowest BCUT2D eigenvalue weighted by molar-refractivity contribution is 0.0714. The summed E-state index contributed by atoms with van der Waals surface area (Å²) in [6, 6.07) is 8.40. The van der Waals surface area contributed by atoms with Gasteiger partial charge >= 0.3 is 0 Å². The highest BCUT2D eigenvalue weighted by atomic mass is 35.5. The quantitative estimate of drug-likeness (QED) is 0.939. The standard InChI is InChI=1S/C15H14ClNO3/c16-10-3-6-13(14(18)8-10)15(19)17(11-4-5-11)9-12-2-1-7-20-12/h1-3,6-8,11,18H,4-5,9H2. The number of aromatic hydroxyl groups is 1. The Labute approximate surface area is 121 Å². The van der Waals surface area contributed by atoms with Crippen LogP contribution < -0.4 is 0 Å². The smallest absolute Gasteiger partial charge is 0.258 e. The van der Waals surface area contributed by atoms with Crippen molar-refractivity contribution in [3.8, 4) is 5.75 Å². The first-order valence-electron chi connectivity index (χ1n) is 6.47. The van der Waals surface area contributed by atoms with Gasteiger partial charge in [-0.25, -0.2) is 0 Å². The van der Waals surface area contributed by atoms with E-state index in [1.165, 1.54) is 6.07 Å². The van der Waals surface area contributed by atoms with Gasteiger partial charge in [0, 0.05) is 11.1 Å². The van der Waals surface area contributed by atoms with E-state index < -0.39 is 0 Å². The Balaban J connectivity index is 1.85. The van der Waals surface area contributed by atoms with E-state index in [1.54, 1.807) is 29.4 Å². The minimum atomic E-state index is -0.196. The Hall–Kier alpha value is -1.94. The van der Waals surface area contributed by atoms with Gasteiger partial charge in [0.1, 0.15) is 11.5 Å². The lowest BCUT2D eigenvalue weighted by Crippen LogP contribution is -2.32. The van der Waals surface area contributed by atoms with Crippen LogP contribution in [0.2, 0.25) is 5.02 Å². The summed E-state index contributed by atoms with van der Waals surface area (Å²) in [5.74, 6) is 0.448. The molecule has 0 radical (unpaired) electrons. The van der Waals surface area contributed by atoms with Gasteiger partial charge < -0.3 is 14.4 Å². The topological polar surface area (TPSA) is 53.7 Å². The van der Waals surface area contributed by atoms with Crippen LogP contribution >= 0.6 is 11.6 Å². The summed E-state index contributed by atoms with van der Waals surface area (Å²) >= 11 is 5.79. The number of amides is 1. The van der Waals surface area contributed by atoms with E-state index in [-0.39, 0.29) is 23.3 Å². The van der Waals surface area contributed by atoms with E-state index in [2.05, 4.69) is 0 Å². The lowest BCUT2D eigenvalue weighted by atomic mass is 10.1. The molecule has 2 aromatic rings. The second kappa shape index (κ2) is 5.21. The Bertz CT molecular complexity index is 620. The van der Waals surface area contributed by atoms with Crippen LogP contribution in [0, 0.1) is 0 Å². The van der Waals surface area contributed by atoms with Crippen LogP contribution in [0.3, 0.4) is 0 Å². The van der Waals surface area contributed by atoms with Crippen LogP contribution in [-0.2, 0) is 6.54 Å². The number of benzene rings is 1. The predicted molar refractivity (Wildman–Crippen MR) is 74.7 cm³/mol. The molecule has 0 aliphatic heterocycles. The number of hydrogen-bond donors (Lipinski definition) is 1. The number of nitrogens with zero attached hydrogens (tertiary/aromatic N) is 1. The molecule has 1 saturated carbocycles. The van der Waals surface area contributed by atoms with E-state index >= 15 is 0 Å². The number of hydrogen-bond acceptors (Lipinski definition) is 3. The number of rotatable bonds is 4. The van der Waals surface area contributed by atoms with Gasteiger partial charge in [-0.1, -0.05) is 11.6 Å². The Kier molecular flexibility index (Phi) is 3.40. The molecule has 1 aromatic carbocycles. The molecule has 0 atom stereocenters. The van der Waals surface area contributed by atoms with E-state index in [9.17, 15) is 9.90 Å².